The minimum Gasteiger partial charge on any atom is -0.478 e. The van der Waals surface area contributed by atoms with Gasteiger partial charge in [0.15, 0.2) is 0 Å². The molecule has 0 aliphatic carbocycles. The highest BCUT2D eigenvalue weighted by atomic mass is 19.4. The first-order valence-electron chi connectivity index (χ1n) is 6.09. The van der Waals surface area contributed by atoms with E-state index in [1.54, 1.807) is 0 Å². The molecule has 2 nitrogen and oxygen atoms in total. The lowest BCUT2D eigenvalue weighted by Gasteiger charge is -2.42. The van der Waals surface area contributed by atoms with Crippen LogP contribution in [0.5, 0.6) is 0 Å². The summed E-state index contributed by atoms with van der Waals surface area (Å²) < 4.78 is 193. The maximum atomic E-state index is 13.3. The maximum absolute atomic E-state index is 13.3. The zero-order chi connectivity index (χ0) is 23.4. The van der Waals surface area contributed by atoms with Crippen molar-refractivity contribution in [1.29, 1.82) is 0 Å². The zero-order valence-corrected chi connectivity index (χ0v) is 12.6. The van der Waals surface area contributed by atoms with E-state index in [1.165, 1.54) is 0 Å². The first kappa shape index (κ1) is 26.2. The molecule has 0 bridgehead atoms. The minimum atomic E-state index is -8.52. The van der Waals surface area contributed by atoms with Crippen molar-refractivity contribution in [2.75, 3.05) is 0 Å². The molecule has 0 rings (SSSR count). The summed E-state index contributed by atoms with van der Waals surface area (Å²) in [5, 5.41) is 8.18. The van der Waals surface area contributed by atoms with Crippen molar-refractivity contribution >= 4 is 5.97 Å². The summed E-state index contributed by atoms with van der Waals surface area (Å²) in [6, 6.07) is 0. The Kier molecular flexibility index (Phi) is 6.17. The first-order chi connectivity index (χ1) is 11.8. The van der Waals surface area contributed by atoms with Crippen LogP contribution in [0.1, 0.15) is 6.92 Å². The van der Waals surface area contributed by atoms with Crippen LogP contribution in [0.25, 0.3) is 0 Å². The predicted octanol–water partition coefficient (Wildman–Crippen LogP) is 5.39. The SMILES string of the molecule is CC(=CC(F)(F)C(F)(F)C(F)(F)C(F)(F)C(F)(C(F)(F)F)C(F)(F)F)C(=O)O. The van der Waals surface area contributed by atoms with Crippen LogP contribution >= 0.6 is 0 Å². The molecule has 28 heavy (non-hydrogen) atoms. The second kappa shape index (κ2) is 6.60. The summed E-state index contributed by atoms with van der Waals surface area (Å²) in [4.78, 5) is 10.2. The van der Waals surface area contributed by atoms with Gasteiger partial charge in [-0.1, -0.05) is 0 Å². The van der Waals surface area contributed by atoms with Gasteiger partial charge in [-0.15, -0.1) is 0 Å². The molecule has 0 aliphatic rings. The molecule has 0 atom stereocenters. The Morgan fingerprint density at radius 3 is 1.21 bits per heavy atom. The maximum Gasteiger partial charge on any atom is 0.438 e. The van der Waals surface area contributed by atoms with E-state index in [9.17, 15) is 70.7 Å². The number of carbonyl (C=O) groups is 1. The van der Waals surface area contributed by atoms with Gasteiger partial charge in [-0.3, -0.25) is 0 Å². The monoisotopic (exact) mass is 454 g/mol. The van der Waals surface area contributed by atoms with Crippen LogP contribution in [0, 0.1) is 0 Å². The van der Waals surface area contributed by atoms with E-state index in [-0.39, 0.29) is 6.92 Å². The molecule has 17 heteroatoms. The zero-order valence-electron chi connectivity index (χ0n) is 12.6. The first-order valence-corrected chi connectivity index (χ1v) is 6.09. The van der Waals surface area contributed by atoms with E-state index in [0.29, 0.717) is 0 Å². The van der Waals surface area contributed by atoms with Gasteiger partial charge in [-0.25, -0.2) is 9.18 Å². The fourth-order valence-electron chi connectivity index (χ4n) is 1.56. The molecule has 0 spiro atoms. The molecule has 0 aromatic rings. The van der Waals surface area contributed by atoms with Crippen LogP contribution < -0.4 is 0 Å². The van der Waals surface area contributed by atoms with Crippen molar-refractivity contribution in [1.82, 2.24) is 0 Å². The van der Waals surface area contributed by atoms with Crippen LogP contribution in [-0.4, -0.2) is 52.8 Å². The summed E-state index contributed by atoms with van der Waals surface area (Å²) in [5.74, 6) is -33.9. The summed E-state index contributed by atoms with van der Waals surface area (Å²) in [5.41, 5.74) is -10.3. The molecular weight excluding hydrogens is 449 g/mol. The molecule has 0 fully saturated rings. The Labute approximate surface area is 143 Å². The van der Waals surface area contributed by atoms with E-state index in [4.69, 9.17) is 5.11 Å². The fourth-order valence-corrected chi connectivity index (χ4v) is 1.56. The predicted molar refractivity (Wildman–Crippen MR) is 57.1 cm³/mol. The third-order valence-corrected chi connectivity index (χ3v) is 3.16. The normalized spacial score (nSPS) is 16.4. The Balaban J connectivity index is 6.85. The summed E-state index contributed by atoms with van der Waals surface area (Å²) in [7, 11) is 0. The van der Waals surface area contributed by atoms with Crippen LogP contribution in [0.4, 0.5) is 65.9 Å². The summed E-state index contributed by atoms with van der Waals surface area (Å²) >= 11 is 0. The highest BCUT2D eigenvalue weighted by molar-refractivity contribution is 5.86. The average Bonchev–Trinajstić information content (AvgIpc) is 2.42. The van der Waals surface area contributed by atoms with Gasteiger partial charge in [0.2, 0.25) is 0 Å². The van der Waals surface area contributed by atoms with E-state index >= 15 is 0 Å². The van der Waals surface area contributed by atoms with Crippen LogP contribution in [-0.2, 0) is 4.79 Å². The van der Waals surface area contributed by atoms with Gasteiger partial charge in [0.1, 0.15) is 0 Å². The molecule has 0 unspecified atom stereocenters. The lowest BCUT2D eigenvalue weighted by Crippen LogP contribution is -2.75. The molecular formula is C11H5F15O2. The van der Waals surface area contributed by atoms with E-state index in [2.05, 4.69) is 0 Å². The molecule has 1 N–H and O–H groups in total. The number of hydrogen-bond acceptors (Lipinski definition) is 1. The molecule has 0 amide bonds. The van der Waals surface area contributed by atoms with Crippen molar-refractivity contribution in [2.45, 2.75) is 48.6 Å². The van der Waals surface area contributed by atoms with Crippen LogP contribution in [0.3, 0.4) is 0 Å². The quantitative estimate of drug-likeness (QED) is 0.432. The minimum absolute atomic E-state index is 0.0213. The molecule has 0 heterocycles. The largest absolute Gasteiger partial charge is 0.478 e. The fraction of sp³-hybridized carbons (Fsp3) is 0.727. The van der Waals surface area contributed by atoms with Gasteiger partial charge in [-0.2, -0.15) is 61.5 Å². The van der Waals surface area contributed by atoms with Crippen molar-refractivity contribution in [3.05, 3.63) is 11.6 Å². The molecule has 0 aromatic carbocycles. The highest BCUT2D eigenvalue weighted by Gasteiger charge is 2.95. The summed E-state index contributed by atoms with van der Waals surface area (Å²) in [6.45, 7) is 0.0213. The van der Waals surface area contributed by atoms with Gasteiger partial charge >= 0.3 is 47.7 Å². The molecule has 0 radical (unpaired) electrons. The lowest BCUT2D eigenvalue weighted by molar-refractivity contribution is -0.454. The number of rotatable bonds is 6. The molecule has 0 saturated carbocycles. The van der Waals surface area contributed by atoms with Gasteiger partial charge in [0.25, 0.3) is 0 Å². The van der Waals surface area contributed by atoms with Crippen molar-refractivity contribution < 1.29 is 75.8 Å². The molecule has 166 valence electrons. The third-order valence-electron chi connectivity index (χ3n) is 3.16. The van der Waals surface area contributed by atoms with E-state index < -0.39 is 59.3 Å². The van der Waals surface area contributed by atoms with Crippen LogP contribution in [0.15, 0.2) is 11.6 Å². The number of carboxylic acid groups (broad SMARTS) is 1. The Bertz CT molecular complexity index is 625. The average molecular weight is 454 g/mol. The van der Waals surface area contributed by atoms with Crippen molar-refractivity contribution in [3.8, 4) is 0 Å². The van der Waals surface area contributed by atoms with Gasteiger partial charge in [0.05, 0.1) is 0 Å². The summed E-state index contributed by atoms with van der Waals surface area (Å²) in [6.07, 6.45) is -17.6. The van der Waals surface area contributed by atoms with Crippen LogP contribution in [0.2, 0.25) is 0 Å². The topological polar surface area (TPSA) is 37.3 Å². The number of allylic oxidation sites excluding steroid dienone is 1. The molecule has 0 aromatic heterocycles. The third kappa shape index (κ3) is 3.46. The Hall–Kier alpha value is -1.84. The Morgan fingerprint density at radius 2 is 0.964 bits per heavy atom. The smallest absolute Gasteiger partial charge is 0.438 e. The Morgan fingerprint density at radius 1 is 0.643 bits per heavy atom. The second-order valence-electron chi connectivity index (χ2n) is 5.13. The number of carboxylic acids is 1. The van der Waals surface area contributed by atoms with Crippen molar-refractivity contribution in [2.24, 2.45) is 0 Å². The number of aliphatic carboxylic acids is 1. The van der Waals surface area contributed by atoms with Gasteiger partial charge in [0, 0.05) is 11.6 Å². The highest BCUT2D eigenvalue weighted by Crippen LogP contribution is 2.63. The number of hydrogen-bond donors (Lipinski definition) is 1. The second-order valence-corrected chi connectivity index (χ2v) is 5.13. The number of halogens is 15. The molecule has 0 aliphatic heterocycles. The van der Waals surface area contributed by atoms with Gasteiger partial charge in [-0.05, 0) is 6.92 Å². The lowest BCUT2D eigenvalue weighted by atomic mass is 9.85. The van der Waals surface area contributed by atoms with Gasteiger partial charge < -0.3 is 5.11 Å². The van der Waals surface area contributed by atoms with E-state index in [0.717, 1.165) is 0 Å². The number of alkyl halides is 15. The standard InChI is InChI=1S/C11H5F15O2/c1-3(4(27)28)2-5(12,13)7(15,16)9(19,20)8(17,18)6(14,10(21,22)23)11(24,25)26/h2H,1H3,(H,27,28). The van der Waals surface area contributed by atoms with Crippen molar-refractivity contribution in [3.63, 3.8) is 0 Å². The molecule has 0 saturated heterocycles. The van der Waals surface area contributed by atoms with E-state index in [1.807, 2.05) is 0 Å².